The highest BCUT2D eigenvalue weighted by molar-refractivity contribution is 5.77. The van der Waals surface area contributed by atoms with E-state index in [1.807, 2.05) is 0 Å². The van der Waals surface area contributed by atoms with E-state index in [1.54, 1.807) is 24.0 Å². The summed E-state index contributed by atoms with van der Waals surface area (Å²) in [6.07, 6.45) is 1.40. The van der Waals surface area contributed by atoms with E-state index >= 15 is 0 Å². The zero-order chi connectivity index (χ0) is 17.1. The van der Waals surface area contributed by atoms with Crippen molar-refractivity contribution in [3.8, 4) is 0 Å². The molecule has 0 aliphatic carbocycles. The number of aliphatic hydroxyl groups is 1. The van der Waals surface area contributed by atoms with Gasteiger partial charge in [0, 0.05) is 19.4 Å². The van der Waals surface area contributed by atoms with Gasteiger partial charge in [-0.3, -0.25) is 4.79 Å². The minimum atomic E-state index is -0.553. The minimum Gasteiger partial charge on any atom is -0.391 e. The van der Waals surface area contributed by atoms with Gasteiger partial charge in [-0.25, -0.2) is 4.39 Å². The van der Waals surface area contributed by atoms with E-state index < -0.39 is 6.10 Å². The van der Waals surface area contributed by atoms with E-state index in [0.717, 1.165) is 5.56 Å². The number of β-amino-alcohol motifs (C(OH)–C–C–N with tert-alkyl or cyclic N) is 1. The zero-order valence-electron chi connectivity index (χ0n) is 13.5. The number of nitrogens with zero attached hydrogens (tertiary/aromatic N) is 3. The average molecular weight is 333 g/mol. The van der Waals surface area contributed by atoms with Crippen LogP contribution < -0.4 is 0 Å². The van der Waals surface area contributed by atoms with Gasteiger partial charge in [0.15, 0.2) is 5.82 Å². The number of rotatable bonds is 5. The van der Waals surface area contributed by atoms with Crippen molar-refractivity contribution in [3.63, 3.8) is 0 Å². The second-order valence-electron chi connectivity index (χ2n) is 6.09. The first-order valence-electron chi connectivity index (χ1n) is 8.05. The van der Waals surface area contributed by atoms with Crippen molar-refractivity contribution in [1.29, 1.82) is 0 Å². The van der Waals surface area contributed by atoms with Crippen molar-refractivity contribution in [2.75, 3.05) is 6.54 Å². The van der Waals surface area contributed by atoms with Crippen LogP contribution in [0.2, 0.25) is 0 Å². The fourth-order valence-electron chi connectivity index (χ4n) is 3.07. The summed E-state index contributed by atoms with van der Waals surface area (Å²) in [6, 6.07) is 5.87. The molecule has 0 radical (unpaired) electrons. The van der Waals surface area contributed by atoms with Gasteiger partial charge in [-0.15, -0.1) is 0 Å². The Hall–Kier alpha value is -2.28. The second kappa shape index (κ2) is 7.09. The van der Waals surface area contributed by atoms with Crippen LogP contribution in [0.1, 0.15) is 42.6 Å². The third-order valence-corrected chi connectivity index (χ3v) is 4.21. The van der Waals surface area contributed by atoms with Crippen molar-refractivity contribution in [3.05, 3.63) is 47.4 Å². The van der Waals surface area contributed by atoms with Gasteiger partial charge < -0.3 is 14.5 Å². The monoisotopic (exact) mass is 333 g/mol. The van der Waals surface area contributed by atoms with Gasteiger partial charge in [-0.1, -0.05) is 17.3 Å². The highest BCUT2D eigenvalue weighted by atomic mass is 19.1. The van der Waals surface area contributed by atoms with E-state index in [2.05, 4.69) is 10.1 Å². The molecule has 1 aliphatic rings. The second-order valence-corrected chi connectivity index (χ2v) is 6.09. The number of carbonyl (C=O) groups excluding carboxylic acids is 1. The molecule has 128 valence electrons. The highest BCUT2D eigenvalue weighted by Gasteiger charge is 2.34. The van der Waals surface area contributed by atoms with Crippen LogP contribution in [0, 0.1) is 12.7 Å². The number of halogens is 1. The molecule has 6 nitrogen and oxygen atoms in total. The molecular formula is C17H20FN3O3. The molecule has 2 heterocycles. The number of hydrogen-bond acceptors (Lipinski definition) is 5. The highest BCUT2D eigenvalue weighted by Crippen LogP contribution is 2.33. The smallest absolute Gasteiger partial charge is 0.226 e. The van der Waals surface area contributed by atoms with Crippen LogP contribution in [0.25, 0.3) is 0 Å². The lowest BCUT2D eigenvalue weighted by atomic mass is 10.0. The summed E-state index contributed by atoms with van der Waals surface area (Å²) in [4.78, 5) is 18.3. The van der Waals surface area contributed by atoms with Gasteiger partial charge >= 0.3 is 0 Å². The molecule has 0 saturated carbocycles. The third-order valence-electron chi connectivity index (χ3n) is 4.21. The summed E-state index contributed by atoms with van der Waals surface area (Å²) < 4.78 is 18.1. The van der Waals surface area contributed by atoms with Crippen molar-refractivity contribution >= 4 is 5.91 Å². The summed E-state index contributed by atoms with van der Waals surface area (Å²) in [5.74, 6) is 0.759. The third kappa shape index (κ3) is 3.79. The predicted octanol–water partition coefficient (Wildman–Crippen LogP) is 2.17. The van der Waals surface area contributed by atoms with Crippen LogP contribution in [0.5, 0.6) is 0 Å². The maximum Gasteiger partial charge on any atom is 0.226 e. The number of likely N-dealkylation sites (tertiary alicyclic amines) is 1. The fourth-order valence-corrected chi connectivity index (χ4v) is 3.07. The summed E-state index contributed by atoms with van der Waals surface area (Å²) in [5.41, 5.74) is 0.842. The first kappa shape index (κ1) is 16.6. The molecule has 1 aliphatic heterocycles. The van der Waals surface area contributed by atoms with E-state index in [9.17, 15) is 14.3 Å². The maximum absolute atomic E-state index is 13.1. The fraction of sp³-hybridized carbons (Fsp3) is 0.471. The van der Waals surface area contributed by atoms with Crippen LogP contribution in [-0.2, 0) is 11.2 Å². The van der Waals surface area contributed by atoms with Gasteiger partial charge in [0.25, 0.3) is 0 Å². The van der Waals surface area contributed by atoms with E-state index in [4.69, 9.17) is 4.52 Å². The molecule has 1 N–H and O–H groups in total. The summed E-state index contributed by atoms with van der Waals surface area (Å²) in [7, 11) is 0. The van der Waals surface area contributed by atoms with Gasteiger partial charge in [0.2, 0.25) is 11.8 Å². The molecule has 24 heavy (non-hydrogen) atoms. The Balaban J connectivity index is 1.60. The molecule has 0 bridgehead atoms. The lowest BCUT2D eigenvalue weighted by Crippen LogP contribution is -2.31. The largest absolute Gasteiger partial charge is 0.391 e. The van der Waals surface area contributed by atoms with Crippen LogP contribution in [0.15, 0.2) is 28.8 Å². The number of aromatic nitrogens is 2. The normalized spacial score (nSPS) is 20.5. The molecule has 3 rings (SSSR count). The average Bonchev–Trinajstić information content (AvgIpc) is 3.14. The van der Waals surface area contributed by atoms with Crippen molar-refractivity contribution in [2.45, 2.75) is 44.8 Å². The Labute approximate surface area is 139 Å². The molecule has 0 spiro atoms. The SMILES string of the molecule is Cc1noc(CCCC(=O)N2CC(O)CC2c2ccc(F)cc2)n1. The quantitative estimate of drug-likeness (QED) is 0.907. The van der Waals surface area contributed by atoms with Gasteiger partial charge in [0.1, 0.15) is 5.82 Å². The molecular weight excluding hydrogens is 313 g/mol. The lowest BCUT2D eigenvalue weighted by molar-refractivity contribution is -0.132. The molecule has 1 saturated heterocycles. The maximum atomic E-state index is 13.1. The molecule has 7 heteroatoms. The number of amides is 1. The Morgan fingerprint density at radius 1 is 1.42 bits per heavy atom. The number of carbonyl (C=O) groups is 1. The topological polar surface area (TPSA) is 79.5 Å². The molecule has 2 unspecified atom stereocenters. The van der Waals surface area contributed by atoms with Gasteiger partial charge in [-0.05, 0) is 37.5 Å². The molecule has 1 aromatic carbocycles. The molecule has 1 amide bonds. The number of aryl methyl sites for hydroxylation is 2. The number of hydrogen-bond donors (Lipinski definition) is 1. The molecule has 1 aromatic heterocycles. The molecule has 2 aromatic rings. The van der Waals surface area contributed by atoms with E-state index in [0.29, 0.717) is 43.9 Å². The first-order valence-corrected chi connectivity index (χ1v) is 8.05. The molecule has 1 fully saturated rings. The zero-order valence-corrected chi connectivity index (χ0v) is 13.5. The van der Waals surface area contributed by atoms with Crippen molar-refractivity contribution in [2.24, 2.45) is 0 Å². The van der Waals surface area contributed by atoms with Crippen molar-refractivity contribution < 1.29 is 18.8 Å². The predicted molar refractivity (Wildman–Crippen MR) is 83.5 cm³/mol. The van der Waals surface area contributed by atoms with Crippen LogP contribution in [0.3, 0.4) is 0 Å². The van der Waals surface area contributed by atoms with E-state index in [-0.39, 0.29) is 17.8 Å². The Kier molecular flexibility index (Phi) is 4.89. The molecule has 2 atom stereocenters. The standard InChI is InChI=1S/C17H20FN3O3/c1-11-19-16(24-20-11)3-2-4-17(23)21-10-14(22)9-15(21)12-5-7-13(18)8-6-12/h5-8,14-15,22H,2-4,9-10H2,1H3. The Morgan fingerprint density at radius 2 is 2.17 bits per heavy atom. The summed E-state index contributed by atoms with van der Waals surface area (Å²) in [5, 5.41) is 13.7. The Bertz CT molecular complexity index is 701. The van der Waals surface area contributed by atoms with E-state index in [1.165, 1.54) is 12.1 Å². The minimum absolute atomic E-state index is 0.0305. The number of aliphatic hydroxyl groups excluding tert-OH is 1. The Morgan fingerprint density at radius 3 is 2.83 bits per heavy atom. The van der Waals surface area contributed by atoms with Gasteiger partial charge in [0.05, 0.1) is 12.1 Å². The summed E-state index contributed by atoms with van der Waals surface area (Å²) >= 11 is 0. The van der Waals surface area contributed by atoms with Gasteiger partial charge in [-0.2, -0.15) is 4.98 Å². The number of benzene rings is 1. The van der Waals surface area contributed by atoms with Crippen LogP contribution in [-0.4, -0.2) is 38.7 Å². The van der Waals surface area contributed by atoms with Crippen LogP contribution in [0.4, 0.5) is 4.39 Å². The van der Waals surface area contributed by atoms with Crippen LogP contribution >= 0.6 is 0 Å². The summed E-state index contributed by atoms with van der Waals surface area (Å²) in [6.45, 7) is 2.05. The van der Waals surface area contributed by atoms with Crippen molar-refractivity contribution in [1.82, 2.24) is 15.0 Å². The lowest BCUT2D eigenvalue weighted by Gasteiger charge is -2.24. The first-order chi connectivity index (χ1) is 11.5.